The lowest BCUT2D eigenvalue weighted by Gasteiger charge is -2.23. The Balaban J connectivity index is 1.48. The van der Waals surface area contributed by atoms with E-state index in [1.54, 1.807) is 0 Å². The SMILES string of the molecule is O=C(NCc1cc(N2CC(=O)N(c3ccc(C(F)(F)F)cc3)N2)c(Cl)cc1F)C1CCCO1. The number of hydrogen-bond donors (Lipinski definition) is 2. The van der Waals surface area contributed by atoms with E-state index in [0.717, 1.165) is 41.8 Å². The van der Waals surface area contributed by atoms with Crippen LogP contribution in [-0.4, -0.2) is 31.1 Å². The number of nitrogens with zero attached hydrogens (tertiary/aromatic N) is 2. The van der Waals surface area contributed by atoms with E-state index in [9.17, 15) is 27.2 Å². The summed E-state index contributed by atoms with van der Waals surface area (Å²) < 4.78 is 58.1. The van der Waals surface area contributed by atoms with Crippen LogP contribution in [0.3, 0.4) is 0 Å². The van der Waals surface area contributed by atoms with E-state index in [1.165, 1.54) is 11.1 Å². The number of carbonyl (C=O) groups excluding carboxylic acids is 2. The Morgan fingerprint density at radius 3 is 2.61 bits per heavy atom. The van der Waals surface area contributed by atoms with Crippen molar-refractivity contribution in [3.8, 4) is 0 Å². The molecule has 2 saturated heterocycles. The lowest BCUT2D eigenvalue weighted by atomic mass is 10.1. The van der Waals surface area contributed by atoms with Crippen LogP contribution < -0.4 is 20.9 Å². The minimum Gasteiger partial charge on any atom is -0.368 e. The van der Waals surface area contributed by atoms with E-state index in [0.29, 0.717) is 13.0 Å². The summed E-state index contributed by atoms with van der Waals surface area (Å²) in [6, 6.07) is 6.52. The van der Waals surface area contributed by atoms with Gasteiger partial charge < -0.3 is 10.1 Å². The molecular formula is C21H19ClF4N4O3. The molecule has 2 aliphatic rings. The van der Waals surface area contributed by atoms with Crippen molar-refractivity contribution in [1.29, 1.82) is 0 Å². The Morgan fingerprint density at radius 2 is 1.97 bits per heavy atom. The maximum Gasteiger partial charge on any atom is 0.416 e. The summed E-state index contributed by atoms with van der Waals surface area (Å²) in [5.41, 5.74) is 2.51. The van der Waals surface area contributed by atoms with Crippen molar-refractivity contribution < 1.29 is 31.9 Å². The Kier molecular flexibility index (Phi) is 6.46. The van der Waals surface area contributed by atoms with Gasteiger partial charge >= 0.3 is 6.18 Å². The fourth-order valence-corrected chi connectivity index (χ4v) is 3.81. The molecule has 0 spiro atoms. The molecule has 0 bridgehead atoms. The zero-order chi connectivity index (χ0) is 23.8. The van der Waals surface area contributed by atoms with Gasteiger partial charge in [0.05, 0.1) is 22.0 Å². The molecule has 2 amide bonds. The highest BCUT2D eigenvalue weighted by atomic mass is 35.5. The van der Waals surface area contributed by atoms with Crippen molar-refractivity contribution in [3.05, 3.63) is 58.4 Å². The van der Waals surface area contributed by atoms with Crippen LogP contribution in [0.1, 0.15) is 24.0 Å². The molecule has 33 heavy (non-hydrogen) atoms. The van der Waals surface area contributed by atoms with Gasteiger partial charge in [-0.1, -0.05) is 11.6 Å². The summed E-state index contributed by atoms with van der Waals surface area (Å²) in [6.45, 7) is 0.189. The van der Waals surface area contributed by atoms with Crippen molar-refractivity contribution in [3.63, 3.8) is 0 Å². The highest BCUT2D eigenvalue weighted by Crippen LogP contribution is 2.33. The molecule has 12 heteroatoms. The zero-order valence-corrected chi connectivity index (χ0v) is 17.8. The summed E-state index contributed by atoms with van der Waals surface area (Å²) >= 11 is 6.18. The molecule has 0 aromatic heterocycles. The monoisotopic (exact) mass is 486 g/mol. The minimum absolute atomic E-state index is 0.0104. The summed E-state index contributed by atoms with van der Waals surface area (Å²) in [5, 5.41) is 5.04. The van der Waals surface area contributed by atoms with Gasteiger partial charge in [0.25, 0.3) is 5.91 Å². The number of nitrogens with one attached hydrogen (secondary N) is 2. The smallest absolute Gasteiger partial charge is 0.368 e. The molecule has 4 rings (SSSR count). The van der Waals surface area contributed by atoms with Gasteiger partial charge in [-0.05, 0) is 49.2 Å². The molecule has 2 aliphatic heterocycles. The van der Waals surface area contributed by atoms with Crippen molar-refractivity contribution in [2.45, 2.75) is 31.7 Å². The third-order valence-electron chi connectivity index (χ3n) is 5.30. The van der Waals surface area contributed by atoms with Crippen LogP contribution >= 0.6 is 11.6 Å². The Labute approximate surface area is 191 Å². The largest absolute Gasteiger partial charge is 0.416 e. The van der Waals surface area contributed by atoms with Crippen LogP contribution in [0.4, 0.5) is 28.9 Å². The number of hydrogen-bond acceptors (Lipinski definition) is 5. The number of benzene rings is 2. The second-order valence-corrected chi connectivity index (χ2v) is 7.98. The van der Waals surface area contributed by atoms with Crippen LogP contribution in [0.15, 0.2) is 36.4 Å². The molecule has 2 N–H and O–H groups in total. The van der Waals surface area contributed by atoms with Crippen LogP contribution in [0.25, 0.3) is 0 Å². The molecule has 0 radical (unpaired) electrons. The van der Waals surface area contributed by atoms with Gasteiger partial charge in [-0.15, -0.1) is 5.53 Å². The quantitative estimate of drug-likeness (QED) is 0.632. The predicted octanol–water partition coefficient (Wildman–Crippen LogP) is 3.57. The average Bonchev–Trinajstić information content (AvgIpc) is 3.42. The number of ether oxygens (including phenoxy) is 1. The van der Waals surface area contributed by atoms with Crippen LogP contribution in [0.2, 0.25) is 5.02 Å². The summed E-state index contributed by atoms with van der Waals surface area (Å²) in [5.74, 6) is -1.43. The first kappa shape index (κ1) is 23.3. The zero-order valence-electron chi connectivity index (χ0n) is 17.1. The molecule has 2 aromatic rings. The number of alkyl halides is 3. The van der Waals surface area contributed by atoms with E-state index in [1.807, 2.05) is 0 Å². The van der Waals surface area contributed by atoms with E-state index < -0.39 is 29.6 Å². The first-order valence-electron chi connectivity index (χ1n) is 10.0. The molecule has 1 atom stereocenters. The summed E-state index contributed by atoms with van der Waals surface area (Å²) in [6.07, 6.45) is -3.68. The highest BCUT2D eigenvalue weighted by molar-refractivity contribution is 6.33. The molecule has 1 unspecified atom stereocenters. The Morgan fingerprint density at radius 1 is 1.24 bits per heavy atom. The van der Waals surface area contributed by atoms with E-state index in [-0.39, 0.29) is 41.0 Å². The number of rotatable bonds is 5. The Bertz CT molecular complexity index is 1060. The van der Waals surface area contributed by atoms with E-state index in [4.69, 9.17) is 16.3 Å². The van der Waals surface area contributed by atoms with Crippen LogP contribution in [-0.2, 0) is 27.0 Å². The minimum atomic E-state index is -4.50. The van der Waals surface area contributed by atoms with Crippen molar-refractivity contribution in [2.24, 2.45) is 0 Å². The topological polar surface area (TPSA) is 73.9 Å². The van der Waals surface area contributed by atoms with Crippen molar-refractivity contribution in [2.75, 3.05) is 23.2 Å². The lowest BCUT2D eigenvalue weighted by molar-refractivity contribution is -0.137. The first-order chi connectivity index (χ1) is 15.6. The van der Waals surface area contributed by atoms with Crippen LogP contribution in [0.5, 0.6) is 0 Å². The Hall–Kier alpha value is -2.89. The summed E-state index contributed by atoms with van der Waals surface area (Å²) in [7, 11) is 0. The molecule has 2 aromatic carbocycles. The molecule has 2 fully saturated rings. The lowest BCUT2D eigenvalue weighted by Crippen LogP contribution is -2.41. The second kappa shape index (κ2) is 9.16. The van der Waals surface area contributed by atoms with Gasteiger partial charge in [0, 0.05) is 18.7 Å². The maximum atomic E-state index is 14.4. The van der Waals surface area contributed by atoms with Crippen molar-refractivity contribution >= 4 is 34.8 Å². The second-order valence-electron chi connectivity index (χ2n) is 7.57. The number of halogens is 5. The standard InChI is InChI=1S/C21H19ClF4N4O3/c22-15-9-16(23)12(10-27-20(32)18-2-1-7-33-18)8-17(15)29-11-19(31)30(28-29)14-5-3-13(4-6-14)21(24,25)26/h3-6,8-9,18,28H,1-2,7,10-11H2,(H,27,32). The van der Waals surface area contributed by atoms with Gasteiger partial charge in [-0.25, -0.2) is 9.40 Å². The number of anilines is 2. The maximum absolute atomic E-state index is 14.4. The van der Waals surface area contributed by atoms with Crippen LogP contribution in [0, 0.1) is 5.82 Å². The third-order valence-corrected chi connectivity index (χ3v) is 5.60. The number of carbonyl (C=O) groups is 2. The fraction of sp³-hybridized carbons (Fsp3) is 0.333. The fourth-order valence-electron chi connectivity index (χ4n) is 3.56. The number of amides is 2. The molecular weight excluding hydrogens is 468 g/mol. The normalized spacial score (nSPS) is 18.8. The molecule has 176 valence electrons. The predicted molar refractivity (Wildman–Crippen MR) is 112 cm³/mol. The van der Waals surface area contributed by atoms with Gasteiger partial charge in [0.15, 0.2) is 0 Å². The molecule has 0 aliphatic carbocycles. The molecule has 0 saturated carbocycles. The van der Waals surface area contributed by atoms with Crippen molar-refractivity contribution in [1.82, 2.24) is 10.9 Å². The van der Waals surface area contributed by atoms with Gasteiger partial charge in [0.2, 0.25) is 5.91 Å². The third kappa shape index (κ3) is 5.05. The molecule has 7 nitrogen and oxygen atoms in total. The van der Waals surface area contributed by atoms with Gasteiger partial charge in [0.1, 0.15) is 18.5 Å². The highest BCUT2D eigenvalue weighted by Gasteiger charge is 2.33. The summed E-state index contributed by atoms with van der Waals surface area (Å²) in [4.78, 5) is 24.6. The number of hydrazine groups is 2. The van der Waals surface area contributed by atoms with E-state index in [2.05, 4.69) is 10.9 Å². The first-order valence-corrected chi connectivity index (χ1v) is 10.4. The molecule has 2 heterocycles. The van der Waals surface area contributed by atoms with E-state index >= 15 is 0 Å². The van der Waals surface area contributed by atoms with Gasteiger partial charge in [-0.2, -0.15) is 13.2 Å². The average molecular weight is 487 g/mol. The van der Waals surface area contributed by atoms with Gasteiger partial charge in [-0.3, -0.25) is 14.6 Å².